The van der Waals surface area contributed by atoms with Crippen molar-refractivity contribution < 1.29 is 42.9 Å². The van der Waals surface area contributed by atoms with Gasteiger partial charge in [-0.05, 0) is 0 Å². The maximum atomic E-state index is 14.0. The Morgan fingerprint density at radius 3 is 2.53 bits per heavy atom. The van der Waals surface area contributed by atoms with Crippen LogP contribution in [0.3, 0.4) is 0 Å². The summed E-state index contributed by atoms with van der Waals surface area (Å²) in [5.74, 6) is -4.87. The van der Waals surface area contributed by atoms with Gasteiger partial charge in [0.25, 0.3) is 0 Å². The van der Waals surface area contributed by atoms with Crippen LogP contribution in [0.25, 0.3) is 0 Å². The summed E-state index contributed by atoms with van der Waals surface area (Å²) in [5, 5.41) is 0. The van der Waals surface area contributed by atoms with Crippen molar-refractivity contribution in [2.75, 3.05) is 46.7 Å². The molecule has 0 aromatic carbocycles. The van der Waals surface area contributed by atoms with E-state index in [0.717, 1.165) is 0 Å². The van der Waals surface area contributed by atoms with E-state index < -0.39 is 41.3 Å². The Morgan fingerprint density at radius 1 is 1.24 bits per heavy atom. The number of ketones is 2. The van der Waals surface area contributed by atoms with Gasteiger partial charge in [0.15, 0.2) is 11.5 Å². The normalized spacial score (nSPS) is 34.9. The molecule has 4 heterocycles. The summed E-state index contributed by atoms with van der Waals surface area (Å²) in [6.07, 6.45) is 0.504. The zero-order valence-electron chi connectivity index (χ0n) is 19.0. The van der Waals surface area contributed by atoms with Crippen molar-refractivity contribution in [2.24, 2.45) is 17.6 Å². The summed E-state index contributed by atoms with van der Waals surface area (Å²) in [5.41, 5.74) is 4.21. The number of carbonyl (C=O) groups is 4. The van der Waals surface area contributed by atoms with Gasteiger partial charge >= 0.3 is 6.09 Å². The first-order valence-corrected chi connectivity index (χ1v) is 11.1. The van der Waals surface area contributed by atoms with Crippen LogP contribution in [-0.2, 0) is 38.1 Å². The van der Waals surface area contributed by atoms with Crippen LogP contribution in [0, 0.1) is 11.8 Å². The molecular weight excluding hydrogens is 450 g/mol. The second kappa shape index (κ2) is 7.87. The number of primary amides is 1. The maximum Gasteiger partial charge on any atom is 0.404 e. The summed E-state index contributed by atoms with van der Waals surface area (Å²) < 4.78 is 28.3. The Morgan fingerprint density at radius 2 is 1.94 bits per heavy atom. The lowest BCUT2D eigenvalue weighted by Crippen LogP contribution is -2.57. The van der Waals surface area contributed by atoms with E-state index >= 15 is 0 Å². The molecule has 5 atom stereocenters. The number of allylic oxidation sites excluding steroid dienone is 1. The number of hydrogen-bond donors (Lipinski definition) is 1. The highest BCUT2D eigenvalue weighted by Crippen LogP contribution is 2.61. The van der Waals surface area contributed by atoms with Crippen molar-refractivity contribution in [3.8, 4) is 0 Å². The molecule has 5 aliphatic rings. The van der Waals surface area contributed by atoms with Gasteiger partial charge in [-0.15, -0.1) is 6.58 Å². The van der Waals surface area contributed by atoms with Crippen LogP contribution < -0.4 is 5.73 Å². The molecule has 2 amide bonds. The molecule has 5 rings (SSSR count). The lowest BCUT2D eigenvalue weighted by molar-refractivity contribution is -0.206. The number of amides is 2. The first-order valence-electron chi connectivity index (χ1n) is 11.1. The summed E-state index contributed by atoms with van der Waals surface area (Å²) >= 11 is 0. The van der Waals surface area contributed by atoms with Gasteiger partial charge in [0.05, 0.1) is 44.1 Å². The number of nitrogens with two attached hydrogens (primary N) is 1. The molecule has 1 unspecified atom stereocenters. The van der Waals surface area contributed by atoms with Crippen molar-refractivity contribution in [1.29, 1.82) is 0 Å². The van der Waals surface area contributed by atoms with E-state index in [-0.39, 0.29) is 68.6 Å². The van der Waals surface area contributed by atoms with Crippen LogP contribution in [0.2, 0.25) is 0 Å². The van der Waals surface area contributed by atoms with Crippen LogP contribution in [-0.4, -0.2) is 104 Å². The van der Waals surface area contributed by atoms with Gasteiger partial charge in [0.1, 0.15) is 18.6 Å². The molecule has 0 radical (unpaired) electrons. The fourth-order valence-electron chi connectivity index (χ4n) is 6.21. The molecule has 0 bridgehead atoms. The Hall–Kier alpha value is -2.80. The molecule has 2 N–H and O–H groups in total. The van der Waals surface area contributed by atoms with Crippen LogP contribution >= 0.6 is 0 Å². The Bertz CT molecular complexity index is 1000. The van der Waals surface area contributed by atoms with Crippen molar-refractivity contribution in [3.63, 3.8) is 0 Å². The third kappa shape index (κ3) is 2.79. The molecule has 0 aromatic rings. The molecule has 12 heteroatoms. The Labute approximate surface area is 195 Å². The molecule has 0 aromatic heterocycles. The first-order chi connectivity index (χ1) is 16.3. The van der Waals surface area contributed by atoms with Crippen molar-refractivity contribution in [2.45, 2.75) is 30.5 Å². The minimum absolute atomic E-state index is 0.101. The summed E-state index contributed by atoms with van der Waals surface area (Å²) in [6.45, 7) is 5.34. The second-order valence-electron chi connectivity index (χ2n) is 8.89. The number of ether oxygens (including phenoxy) is 5. The standard InChI is InChI=1S/C22H27N3O9/c1-4-5-31-9-13-17(27)16-15(19(28)22(13)33-6-7-34-22)12(10-32-20(23)29)21(30-3)18-14(8-24(16)21)25(18)11(2)26/h4,12-14,18H,1,5-10H2,2-3H3,(H2,23,29)/t12-,13?,14+,18+,21-,25?/m1/s1. The van der Waals surface area contributed by atoms with Crippen molar-refractivity contribution in [3.05, 3.63) is 23.9 Å². The average Bonchev–Trinajstić information content (AvgIpc) is 3.10. The van der Waals surface area contributed by atoms with Gasteiger partial charge in [0, 0.05) is 26.2 Å². The number of fused-ring (bicyclic) bond motifs is 4. The topological polar surface area (TPSA) is 147 Å². The molecular formula is C22H27N3O9. The molecule has 3 fully saturated rings. The summed E-state index contributed by atoms with van der Waals surface area (Å²) in [6, 6.07) is -0.629. The number of carbonyl (C=O) groups excluding carboxylic acids is 4. The number of hydrogen-bond acceptors (Lipinski definition) is 10. The molecule has 1 spiro atoms. The van der Waals surface area contributed by atoms with E-state index in [4.69, 9.17) is 29.4 Å². The third-order valence-electron chi connectivity index (χ3n) is 7.41. The fraction of sp³-hybridized carbons (Fsp3) is 0.636. The molecule has 34 heavy (non-hydrogen) atoms. The van der Waals surface area contributed by atoms with E-state index in [1.165, 1.54) is 20.1 Å². The lowest BCUT2D eigenvalue weighted by atomic mass is 9.75. The quantitative estimate of drug-likeness (QED) is 0.273. The van der Waals surface area contributed by atoms with E-state index in [1.807, 2.05) is 0 Å². The van der Waals surface area contributed by atoms with Gasteiger partial charge in [-0.3, -0.25) is 14.4 Å². The van der Waals surface area contributed by atoms with Crippen LogP contribution in [0.15, 0.2) is 23.9 Å². The van der Waals surface area contributed by atoms with Crippen molar-refractivity contribution >= 4 is 23.6 Å². The summed E-state index contributed by atoms with van der Waals surface area (Å²) in [7, 11) is 1.44. The lowest BCUT2D eigenvalue weighted by Gasteiger charge is -2.41. The zero-order chi connectivity index (χ0) is 24.4. The average molecular weight is 477 g/mol. The number of nitrogens with zero attached hydrogens (tertiary/aromatic N) is 2. The highest BCUT2D eigenvalue weighted by molar-refractivity contribution is 6.17. The molecule has 0 saturated carbocycles. The zero-order valence-corrected chi connectivity index (χ0v) is 19.0. The van der Waals surface area contributed by atoms with Gasteiger partial charge in [-0.1, -0.05) is 6.08 Å². The van der Waals surface area contributed by atoms with E-state index in [0.29, 0.717) is 0 Å². The minimum Gasteiger partial charge on any atom is -0.449 e. The maximum absolute atomic E-state index is 14.0. The van der Waals surface area contributed by atoms with E-state index in [2.05, 4.69) is 6.58 Å². The SMILES string of the molecule is C=CCOCC1C(=O)C2=C(C(=O)C13OCCO3)[C@@H](COC(N)=O)[C@@]1(OC)[C@@H]3[C@H](CN21)N3C(C)=O. The fourth-order valence-corrected chi connectivity index (χ4v) is 6.21. The minimum atomic E-state index is -1.85. The molecule has 12 nitrogen and oxygen atoms in total. The molecule has 184 valence electrons. The number of rotatable bonds is 7. The van der Waals surface area contributed by atoms with Crippen LogP contribution in [0.5, 0.6) is 0 Å². The molecule has 1 aliphatic carbocycles. The monoisotopic (exact) mass is 477 g/mol. The van der Waals surface area contributed by atoms with E-state index in [9.17, 15) is 19.2 Å². The molecule has 3 saturated heterocycles. The van der Waals surface area contributed by atoms with Gasteiger partial charge in [-0.25, -0.2) is 4.79 Å². The van der Waals surface area contributed by atoms with Crippen molar-refractivity contribution in [1.82, 2.24) is 9.80 Å². The smallest absolute Gasteiger partial charge is 0.404 e. The Balaban J connectivity index is 1.62. The molecule has 4 aliphatic heterocycles. The predicted octanol–water partition coefficient (Wildman–Crippen LogP) is -1.06. The van der Waals surface area contributed by atoms with Crippen LogP contribution in [0.4, 0.5) is 4.79 Å². The van der Waals surface area contributed by atoms with Crippen LogP contribution in [0.1, 0.15) is 6.92 Å². The predicted molar refractivity (Wildman–Crippen MR) is 112 cm³/mol. The highest BCUT2D eigenvalue weighted by Gasteiger charge is 2.79. The van der Waals surface area contributed by atoms with Gasteiger partial charge in [0.2, 0.25) is 17.5 Å². The number of piperazine rings is 1. The number of methoxy groups -OCH3 is 1. The highest BCUT2D eigenvalue weighted by atomic mass is 16.7. The van der Waals surface area contributed by atoms with E-state index in [1.54, 1.807) is 9.80 Å². The Kier molecular flexibility index (Phi) is 5.32. The second-order valence-corrected chi connectivity index (χ2v) is 8.89. The largest absolute Gasteiger partial charge is 0.449 e. The first kappa shape index (κ1) is 23.0. The summed E-state index contributed by atoms with van der Waals surface area (Å²) in [4.78, 5) is 55.1. The third-order valence-corrected chi connectivity index (χ3v) is 7.41. The van der Waals surface area contributed by atoms with Gasteiger partial charge in [-0.2, -0.15) is 0 Å². The van der Waals surface area contributed by atoms with Gasteiger partial charge < -0.3 is 39.2 Å². The number of Topliss-reactive ketones (excluding diaryl/α,β-unsaturated/α-hetero) is 2.